The first-order chi connectivity index (χ1) is 6.25. The van der Waals surface area contributed by atoms with E-state index in [1.54, 1.807) is 6.20 Å². The van der Waals surface area contributed by atoms with Crippen LogP contribution in [0.4, 0.5) is 5.82 Å². The zero-order valence-corrected chi connectivity index (χ0v) is 7.91. The van der Waals surface area contributed by atoms with Crippen LogP contribution in [0, 0.1) is 0 Å². The normalized spacial score (nSPS) is 22.3. The predicted molar refractivity (Wildman–Crippen MR) is 52.1 cm³/mol. The first-order valence-electron chi connectivity index (χ1n) is 4.30. The maximum Gasteiger partial charge on any atom is 0.128 e. The van der Waals surface area contributed by atoms with Crippen molar-refractivity contribution >= 4 is 17.4 Å². The zero-order valence-electron chi connectivity index (χ0n) is 7.15. The molecule has 0 unspecified atom stereocenters. The molecule has 13 heavy (non-hydrogen) atoms. The van der Waals surface area contributed by atoms with E-state index < -0.39 is 0 Å². The van der Waals surface area contributed by atoms with Gasteiger partial charge in [0.05, 0.1) is 11.1 Å². The van der Waals surface area contributed by atoms with Crippen LogP contribution in [0.1, 0.15) is 6.42 Å². The molecule has 0 spiro atoms. The van der Waals surface area contributed by atoms with Crippen molar-refractivity contribution in [3.05, 3.63) is 23.4 Å². The van der Waals surface area contributed by atoms with Crippen molar-refractivity contribution in [1.82, 2.24) is 4.98 Å². The average Bonchev–Trinajstić information content (AvgIpc) is 2.53. The Labute approximate surface area is 82.0 Å². The quantitative estimate of drug-likeness (QED) is 0.739. The minimum absolute atomic E-state index is 0.211. The zero-order chi connectivity index (χ0) is 9.26. The maximum atomic E-state index is 9.32. The third-order valence-corrected chi connectivity index (χ3v) is 2.42. The van der Waals surface area contributed by atoms with Gasteiger partial charge in [0.15, 0.2) is 0 Å². The lowest BCUT2D eigenvalue weighted by Gasteiger charge is -2.15. The van der Waals surface area contributed by atoms with Gasteiger partial charge in [-0.1, -0.05) is 11.6 Å². The van der Waals surface area contributed by atoms with Crippen LogP contribution in [-0.2, 0) is 0 Å². The molecule has 1 atom stereocenters. The van der Waals surface area contributed by atoms with Gasteiger partial charge in [-0.15, -0.1) is 0 Å². The molecule has 3 nitrogen and oxygen atoms in total. The van der Waals surface area contributed by atoms with Gasteiger partial charge in [0, 0.05) is 19.3 Å². The number of aliphatic hydroxyl groups excluding tert-OH is 1. The predicted octanol–water partition coefficient (Wildman–Crippen LogP) is 1.31. The lowest BCUT2D eigenvalue weighted by atomic mass is 10.3. The number of nitrogens with zero attached hydrogens (tertiary/aromatic N) is 2. The molecule has 0 saturated carbocycles. The van der Waals surface area contributed by atoms with Crippen molar-refractivity contribution in [3.63, 3.8) is 0 Å². The van der Waals surface area contributed by atoms with Gasteiger partial charge in [0.1, 0.15) is 5.82 Å². The summed E-state index contributed by atoms with van der Waals surface area (Å²) in [5.74, 6) is 0.890. The minimum atomic E-state index is -0.211. The summed E-state index contributed by atoms with van der Waals surface area (Å²) in [4.78, 5) is 6.23. The van der Waals surface area contributed by atoms with Gasteiger partial charge in [-0.25, -0.2) is 4.98 Å². The van der Waals surface area contributed by atoms with E-state index in [0.29, 0.717) is 11.6 Å². The van der Waals surface area contributed by atoms with E-state index >= 15 is 0 Å². The third kappa shape index (κ3) is 1.92. The maximum absolute atomic E-state index is 9.32. The summed E-state index contributed by atoms with van der Waals surface area (Å²) in [5, 5.41) is 9.96. The molecule has 2 rings (SSSR count). The van der Waals surface area contributed by atoms with E-state index in [4.69, 9.17) is 11.6 Å². The first kappa shape index (κ1) is 8.78. The smallest absolute Gasteiger partial charge is 0.128 e. The Bertz CT molecular complexity index is 288. The number of aromatic nitrogens is 1. The van der Waals surface area contributed by atoms with Crippen LogP contribution in [-0.4, -0.2) is 29.3 Å². The highest BCUT2D eigenvalue weighted by atomic mass is 35.5. The van der Waals surface area contributed by atoms with E-state index in [1.807, 2.05) is 12.1 Å². The molecule has 0 aliphatic carbocycles. The Kier molecular flexibility index (Phi) is 2.38. The molecule has 1 N–H and O–H groups in total. The monoisotopic (exact) mass is 198 g/mol. The molecule has 1 fully saturated rings. The summed E-state index contributed by atoms with van der Waals surface area (Å²) in [5.41, 5.74) is 0. The SMILES string of the molecule is O[C@H]1CCN(c2ccc(Cl)cn2)C1. The molecule has 1 saturated heterocycles. The highest BCUT2D eigenvalue weighted by molar-refractivity contribution is 6.30. The summed E-state index contributed by atoms with van der Waals surface area (Å²) in [6.45, 7) is 1.55. The second kappa shape index (κ2) is 3.52. The molecule has 0 radical (unpaired) electrons. The van der Waals surface area contributed by atoms with Crippen LogP contribution in [0.25, 0.3) is 0 Å². The highest BCUT2D eigenvalue weighted by Gasteiger charge is 2.20. The van der Waals surface area contributed by atoms with Gasteiger partial charge in [-0.05, 0) is 18.6 Å². The second-order valence-corrected chi connectivity index (χ2v) is 3.66. The van der Waals surface area contributed by atoms with Crippen molar-refractivity contribution in [3.8, 4) is 0 Å². The van der Waals surface area contributed by atoms with E-state index in [9.17, 15) is 5.11 Å². The molecular weight excluding hydrogens is 188 g/mol. The molecule has 0 aromatic carbocycles. The Morgan fingerprint density at radius 1 is 1.54 bits per heavy atom. The molecule has 1 aliphatic rings. The molecule has 2 heterocycles. The number of hydrogen-bond donors (Lipinski definition) is 1. The third-order valence-electron chi connectivity index (χ3n) is 2.20. The fraction of sp³-hybridized carbons (Fsp3) is 0.444. The average molecular weight is 199 g/mol. The van der Waals surface area contributed by atoms with Crippen LogP contribution in [0.2, 0.25) is 5.02 Å². The fourth-order valence-corrected chi connectivity index (χ4v) is 1.62. The molecule has 1 aromatic heterocycles. The number of pyridine rings is 1. The molecule has 4 heteroatoms. The number of β-amino-alcohol motifs (C(OH)–C–C–N with tert-alkyl or cyclic N) is 1. The topological polar surface area (TPSA) is 36.4 Å². The van der Waals surface area contributed by atoms with Gasteiger partial charge in [0.25, 0.3) is 0 Å². The number of halogens is 1. The lowest BCUT2D eigenvalue weighted by molar-refractivity contribution is 0.198. The molecule has 0 amide bonds. The van der Waals surface area contributed by atoms with Gasteiger partial charge in [-0.3, -0.25) is 0 Å². The number of rotatable bonds is 1. The Hall–Kier alpha value is -0.800. The Morgan fingerprint density at radius 3 is 2.92 bits per heavy atom. The lowest BCUT2D eigenvalue weighted by Crippen LogP contribution is -2.21. The van der Waals surface area contributed by atoms with E-state index in [0.717, 1.165) is 18.8 Å². The minimum Gasteiger partial charge on any atom is -0.391 e. The molecule has 0 bridgehead atoms. The van der Waals surface area contributed by atoms with Gasteiger partial charge < -0.3 is 10.0 Å². The Balaban J connectivity index is 2.13. The Morgan fingerprint density at radius 2 is 2.38 bits per heavy atom. The standard InChI is InChI=1S/C9H11ClN2O/c10-7-1-2-9(11-5-7)12-4-3-8(13)6-12/h1-2,5,8,13H,3-4,6H2/t8-/m0/s1. The summed E-state index contributed by atoms with van der Waals surface area (Å²) < 4.78 is 0. The van der Waals surface area contributed by atoms with Crippen LogP contribution < -0.4 is 4.90 Å². The van der Waals surface area contributed by atoms with Crippen molar-refractivity contribution in [1.29, 1.82) is 0 Å². The largest absolute Gasteiger partial charge is 0.391 e. The molecule has 1 aliphatic heterocycles. The summed E-state index contributed by atoms with van der Waals surface area (Å²) in [6, 6.07) is 3.69. The van der Waals surface area contributed by atoms with Gasteiger partial charge in [0.2, 0.25) is 0 Å². The van der Waals surface area contributed by atoms with Crippen molar-refractivity contribution in [2.24, 2.45) is 0 Å². The van der Waals surface area contributed by atoms with Crippen LogP contribution in [0.5, 0.6) is 0 Å². The van der Waals surface area contributed by atoms with E-state index in [1.165, 1.54) is 0 Å². The van der Waals surface area contributed by atoms with Crippen molar-refractivity contribution < 1.29 is 5.11 Å². The van der Waals surface area contributed by atoms with Crippen LogP contribution in [0.15, 0.2) is 18.3 Å². The first-order valence-corrected chi connectivity index (χ1v) is 4.68. The van der Waals surface area contributed by atoms with Gasteiger partial charge in [-0.2, -0.15) is 0 Å². The number of hydrogen-bond acceptors (Lipinski definition) is 3. The van der Waals surface area contributed by atoms with E-state index in [2.05, 4.69) is 9.88 Å². The van der Waals surface area contributed by atoms with E-state index in [-0.39, 0.29) is 6.10 Å². The summed E-state index contributed by atoms with van der Waals surface area (Å²) >= 11 is 5.72. The van der Waals surface area contributed by atoms with Crippen molar-refractivity contribution in [2.45, 2.75) is 12.5 Å². The second-order valence-electron chi connectivity index (χ2n) is 3.22. The highest BCUT2D eigenvalue weighted by Crippen LogP contribution is 2.19. The molecule has 70 valence electrons. The number of aliphatic hydroxyl groups is 1. The summed E-state index contributed by atoms with van der Waals surface area (Å²) in [7, 11) is 0. The molecular formula is C9H11ClN2O. The van der Waals surface area contributed by atoms with Crippen LogP contribution >= 0.6 is 11.6 Å². The summed E-state index contributed by atoms with van der Waals surface area (Å²) in [6.07, 6.45) is 2.24. The molecule has 1 aromatic rings. The van der Waals surface area contributed by atoms with Crippen molar-refractivity contribution in [2.75, 3.05) is 18.0 Å². The number of anilines is 1. The fourth-order valence-electron chi connectivity index (χ4n) is 1.50. The van der Waals surface area contributed by atoms with Gasteiger partial charge >= 0.3 is 0 Å². The van der Waals surface area contributed by atoms with Crippen LogP contribution in [0.3, 0.4) is 0 Å².